The van der Waals surface area contributed by atoms with Gasteiger partial charge in [-0.3, -0.25) is 9.20 Å². The number of carbonyl (C=O) groups is 1. The van der Waals surface area contributed by atoms with Gasteiger partial charge >= 0.3 is 0 Å². The normalized spacial score (nSPS) is 20.5. The van der Waals surface area contributed by atoms with E-state index in [1.165, 1.54) is 0 Å². The second-order valence-corrected chi connectivity index (χ2v) is 9.58. The SMILES string of the molecule is CC(C)Cc1nc2c(C(=O)NC3CCC(N)CC3)cccn2c1NC(C)(C)C. The van der Waals surface area contributed by atoms with E-state index in [1.807, 2.05) is 22.7 Å². The van der Waals surface area contributed by atoms with Crippen LogP contribution in [0.25, 0.3) is 5.65 Å². The molecule has 2 heterocycles. The van der Waals surface area contributed by atoms with E-state index >= 15 is 0 Å². The highest BCUT2D eigenvalue weighted by Crippen LogP contribution is 2.26. The van der Waals surface area contributed by atoms with Crippen molar-refractivity contribution in [1.82, 2.24) is 14.7 Å². The maximum absolute atomic E-state index is 13.0. The summed E-state index contributed by atoms with van der Waals surface area (Å²) in [5.74, 6) is 1.41. The van der Waals surface area contributed by atoms with Crippen molar-refractivity contribution in [3.63, 3.8) is 0 Å². The summed E-state index contributed by atoms with van der Waals surface area (Å²) < 4.78 is 2.02. The zero-order chi connectivity index (χ0) is 20.5. The molecular formula is C22H35N5O. The molecule has 3 rings (SSSR count). The van der Waals surface area contributed by atoms with Gasteiger partial charge in [0.2, 0.25) is 0 Å². The Labute approximate surface area is 168 Å². The van der Waals surface area contributed by atoms with Gasteiger partial charge in [-0.15, -0.1) is 0 Å². The fraction of sp³-hybridized carbons (Fsp3) is 0.636. The first-order valence-corrected chi connectivity index (χ1v) is 10.5. The molecule has 1 aliphatic carbocycles. The van der Waals surface area contributed by atoms with Crippen molar-refractivity contribution >= 4 is 17.4 Å². The summed E-state index contributed by atoms with van der Waals surface area (Å²) in [6.45, 7) is 10.8. The number of rotatable bonds is 5. The van der Waals surface area contributed by atoms with E-state index < -0.39 is 0 Å². The van der Waals surface area contributed by atoms with Crippen LogP contribution in [0.3, 0.4) is 0 Å². The molecule has 0 unspecified atom stereocenters. The van der Waals surface area contributed by atoms with Crippen LogP contribution in [0.5, 0.6) is 0 Å². The average Bonchev–Trinajstić information content (AvgIpc) is 2.92. The lowest BCUT2D eigenvalue weighted by Gasteiger charge is -2.26. The fourth-order valence-electron chi connectivity index (χ4n) is 3.84. The maximum atomic E-state index is 13.0. The molecule has 0 atom stereocenters. The van der Waals surface area contributed by atoms with Crippen molar-refractivity contribution in [3.8, 4) is 0 Å². The summed E-state index contributed by atoms with van der Waals surface area (Å²) in [5, 5.41) is 6.78. The third-order valence-electron chi connectivity index (χ3n) is 5.17. The molecule has 0 aromatic carbocycles. The van der Waals surface area contributed by atoms with Gasteiger partial charge in [0.25, 0.3) is 5.91 Å². The number of anilines is 1. The van der Waals surface area contributed by atoms with Crippen LogP contribution in [0, 0.1) is 5.92 Å². The zero-order valence-electron chi connectivity index (χ0n) is 17.9. The quantitative estimate of drug-likeness (QED) is 0.732. The summed E-state index contributed by atoms with van der Waals surface area (Å²) in [6, 6.07) is 4.26. The Balaban J connectivity index is 1.94. The Morgan fingerprint density at radius 2 is 1.96 bits per heavy atom. The van der Waals surface area contributed by atoms with Crippen LogP contribution >= 0.6 is 0 Å². The first-order chi connectivity index (χ1) is 13.1. The van der Waals surface area contributed by atoms with Crippen molar-refractivity contribution in [2.45, 2.75) is 84.3 Å². The Kier molecular flexibility index (Phi) is 5.98. The number of fused-ring (bicyclic) bond motifs is 1. The van der Waals surface area contributed by atoms with E-state index in [0.717, 1.165) is 49.3 Å². The van der Waals surface area contributed by atoms with E-state index in [2.05, 4.69) is 45.3 Å². The van der Waals surface area contributed by atoms with Crippen molar-refractivity contribution in [3.05, 3.63) is 29.6 Å². The number of aromatic nitrogens is 2. The second kappa shape index (κ2) is 8.11. The summed E-state index contributed by atoms with van der Waals surface area (Å²) in [5.41, 5.74) is 8.25. The van der Waals surface area contributed by atoms with E-state index in [1.54, 1.807) is 0 Å². The average molecular weight is 386 g/mol. The number of hydrogen-bond donors (Lipinski definition) is 3. The van der Waals surface area contributed by atoms with E-state index in [-0.39, 0.29) is 23.5 Å². The number of nitrogens with zero attached hydrogens (tertiary/aromatic N) is 2. The van der Waals surface area contributed by atoms with E-state index in [9.17, 15) is 4.79 Å². The number of carbonyl (C=O) groups excluding carboxylic acids is 1. The molecule has 2 aromatic rings. The lowest BCUT2D eigenvalue weighted by Crippen LogP contribution is -2.40. The van der Waals surface area contributed by atoms with Crippen LogP contribution in [0.2, 0.25) is 0 Å². The first-order valence-electron chi connectivity index (χ1n) is 10.5. The minimum Gasteiger partial charge on any atom is -0.365 e. The number of nitrogens with two attached hydrogens (primary N) is 1. The molecule has 1 fully saturated rings. The maximum Gasteiger partial charge on any atom is 0.255 e. The minimum atomic E-state index is -0.0964. The fourth-order valence-corrected chi connectivity index (χ4v) is 3.84. The van der Waals surface area contributed by atoms with Crippen molar-refractivity contribution in [2.75, 3.05) is 5.32 Å². The lowest BCUT2D eigenvalue weighted by atomic mass is 9.91. The number of pyridine rings is 1. The molecule has 0 radical (unpaired) electrons. The Morgan fingerprint density at radius 3 is 2.57 bits per heavy atom. The molecule has 1 amide bonds. The van der Waals surface area contributed by atoms with Gasteiger partial charge in [-0.25, -0.2) is 4.98 Å². The molecule has 4 N–H and O–H groups in total. The predicted octanol–water partition coefficient (Wildman–Crippen LogP) is 3.74. The first kappa shape index (κ1) is 20.6. The van der Waals surface area contributed by atoms with Gasteiger partial charge in [0.05, 0.1) is 11.3 Å². The molecule has 28 heavy (non-hydrogen) atoms. The molecule has 1 aliphatic rings. The molecule has 0 aliphatic heterocycles. The van der Waals surface area contributed by atoms with Gasteiger partial charge in [-0.05, 0) is 70.9 Å². The summed E-state index contributed by atoms with van der Waals surface area (Å²) in [7, 11) is 0. The van der Waals surface area contributed by atoms with Crippen molar-refractivity contribution in [2.24, 2.45) is 11.7 Å². The van der Waals surface area contributed by atoms with Crippen molar-refractivity contribution in [1.29, 1.82) is 0 Å². The molecule has 2 aromatic heterocycles. The highest BCUT2D eigenvalue weighted by Gasteiger charge is 2.24. The van der Waals surface area contributed by atoms with Gasteiger partial charge < -0.3 is 16.4 Å². The van der Waals surface area contributed by atoms with Crippen LogP contribution in [0.1, 0.15) is 76.4 Å². The van der Waals surface area contributed by atoms with Crippen molar-refractivity contribution < 1.29 is 4.79 Å². The lowest BCUT2D eigenvalue weighted by molar-refractivity contribution is 0.0927. The largest absolute Gasteiger partial charge is 0.365 e. The highest BCUT2D eigenvalue weighted by atomic mass is 16.1. The Hall–Kier alpha value is -2.08. The van der Waals surface area contributed by atoms with E-state index in [4.69, 9.17) is 10.7 Å². The predicted molar refractivity (Wildman–Crippen MR) is 115 cm³/mol. The van der Waals surface area contributed by atoms with Crippen LogP contribution in [0.15, 0.2) is 18.3 Å². The third-order valence-corrected chi connectivity index (χ3v) is 5.17. The number of hydrogen-bond acceptors (Lipinski definition) is 4. The van der Waals surface area contributed by atoms with E-state index in [0.29, 0.717) is 11.5 Å². The Bertz CT molecular complexity index is 825. The Morgan fingerprint density at radius 1 is 1.29 bits per heavy atom. The molecule has 0 bridgehead atoms. The van der Waals surface area contributed by atoms with Gasteiger partial charge in [-0.1, -0.05) is 13.8 Å². The van der Waals surface area contributed by atoms with Gasteiger partial charge in [0, 0.05) is 23.8 Å². The van der Waals surface area contributed by atoms with Gasteiger partial charge in [-0.2, -0.15) is 0 Å². The smallest absolute Gasteiger partial charge is 0.255 e. The van der Waals surface area contributed by atoms with Crippen LogP contribution in [-0.2, 0) is 6.42 Å². The molecule has 6 heteroatoms. The van der Waals surface area contributed by atoms with Gasteiger partial charge in [0.15, 0.2) is 5.65 Å². The molecule has 0 saturated heterocycles. The van der Waals surface area contributed by atoms with Crippen LogP contribution in [0.4, 0.5) is 5.82 Å². The summed E-state index contributed by atoms with van der Waals surface area (Å²) in [4.78, 5) is 17.9. The number of amides is 1. The van der Waals surface area contributed by atoms with Gasteiger partial charge in [0.1, 0.15) is 5.82 Å². The second-order valence-electron chi connectivity index (χ2n) is 9.58. The minimum absolute atomic E-state index is 0.0468. The zero-order valence-corrected chi connectivity index (χ0v) is 17.9. The molecule has 154 valence electrons. The molecule has 0 spiro atoms. The topological polar surface area (TPSA) is 84.5 Å². The summed E-state index contributed by atoms with van der Waals surface area (Å²) in [6.07, 6.45) is 6.67. The standard InChI is InChI=1S/C22H35N5O/c1-14(2)13-18-20(26-22(3,4)5)27-12-6-7-17(19(27)25-18)21(28)24-16-10-8-15(23)9-11-16/h6-7,12,14-16,26H,8-11,13,23H2,1-5H3,(H,24,28). The molecular weight excluding hydrogens is 350 g/mol. The number of nitrogens with one attached hydrogen (secondary N) is 2. The monoisotopic (exact) mass is 385 g/mol. The summed E-state index contributed by atoms with van der Waals surface area (Å²) >= 11 is 0. The highest BCUT2D eigenvalue weighted by molar-refractivity contribution is 6.00. The molecule has 1 saturated carbocycles. The number of imidazole rings is 1. The van der Waals surface area contributed by atoms with Crippen LogP contribution in [-0.4, -0.2) is 32.9 Å². The molecule has 6 nitrogen and oxygen atoms in total. The third kappa shape index (κ3) is 4.85. The van der Waals surface area contributed by atoms with Crippen LogP contribution < -0.4 is 16.4 Å².